The first kappa shape index (κ1) is 24.6. The molecule has 0 aliphatic rings. The molecule has 0 heterocycles. The number of rotatable bonds is 11. The van der Waals surface area contributed by atoms with Crippen molar-refractivity contribution in [3.8, 4) is 0 Å². The molecule has 25 heavy (non-hydrogen) atoms. The van der Waals surface area contributed by atoms with E-state index in [1.54, 1.807) is 0 Å². The van der Waals surface area contributed by atoms with Gasteiger partial charge in [-0.15, -0.1) is 0 Å². The highest BCUT2D eigenvalue weighted by Crippen LogP contribution is 1.99. The summed E-state index contributed by atoms with van der Waals surface area (Å²) >= 11 is 0. The topological polar surface area (TPSA) is 127 Å². The van der Waals surface area contributed by atoms with Gasteiger partial charge in [0.05, 0.1) is 13.2 Å². The summed E-state index contributed by atoms with van der Waals surface area (Å²) in [5, 5.41) is 15.6. The molecule has 0 bridgehead atoms. The monoisotopic (exact) mass is 358 g/mol. The molecule has 0 amide bonds. The van der Waals surface area contributed by atoms with Crippen LogP contribution in [0.5, 0.6) is 0 Å². The van der Waals surface area contributed by atoms with Gasteiger partial charge in [-0.1, -0.05) is 33.1 Å². The Morgan fingerprint density at radius 3 is 1.56 bits per heavy atom. The van der Waals surface area contributed by atoms with Crippen LogP contribution in [-0.2, 0) is 28.7 Å². The van der Waals surface area contributed by atoms with Gasteiger partial charge in [-0.05, 0) is 12.8 Å². The summed E-state index contributed by atoms with van der Waals surface area (Å²) in [5.74, 6) is -3.51. The molecule has 0 spiro atoms. The maximum absolute atomic E-state index is 11.1. The summed E-state index contributed by atoms with van der Waals surface area (Å²) in [4.78, 5) is 41.2. The maximum atomic E-state index is 11.1. The second-order valence-corrected chi connectivity index (χ2v) is 4.74. The van der Waals surface area contributed by atoms with Crippen molar-refractivity contribution in [3.05, 3.63) is 24.3 Å². The van der Waals surface area contributed by atoms with E-state index in [-0.39, 0.29) is 0 Å². The number of carbonyl (C=O) groups is 4. The molecule has 0 rings (SSSR count). The zero-order chi connectivity index (χ0) is 19.5. The third-order valence-corrected chi connectivity index (χ3v) is 2.41. The molecule has 0 saturated carbocycles. The second kappa shape index (κ2) is 17.7. The fraction of sp³-hybridized carbons (Fsp3) is 0.529. The van der Waals surface area contributed by atoms with Gasteiger partial charge < -0.3 is 19.7 Å². The normalized spacial score (nSPS) is 10.2. The Morgan fingerprint density at radius 2 is 1.16 bits per heavy atom. The van der Waals surface area contributed by atoms with Crippen LogP contribution in [-0.4, -0.2) is 47.3 Å². The molecule has 0 saturated heterocycles. The SMILES string of the molecule is CCCCCCOC(=O)C=CC(=O)OCCC.O=C(O)C=CC(=O)O. The van der Waals surface area contributed by atoms with Gasteiger partial charge in [-0.2, -0.15) is 0 Å². The number of ether oxygens (including phenoxy) is 2. The number of hydrogen-bond acceptors (Lipinski definition) is 6. The van der Waals surface area contributed by atoms with Crippen LogP contribution in [0.1, 0.15) is 46.0 Å². The van der Waals surface area contributed by atoms with Crippen molar-refractivity contribution in [2.45, 2.75) is 46.0 Å². The van der Waals surface area contributed by atoms with Crippen LogP contribution >= 0.6 is 0 Å². The summed E-state index contributed by atoms with van der Waals surface area (Å²) in [5.41, 5.74) is 0. The number of carboxylic acid groups (broad SMARTS) is 2. The molecule has 0 unspecified atom stereocenters. The Morgan fingerprint density at radius 1 is 0.680 bits per heavy atom. The quantitative estimate of drug-likeness (QED) is 0.327. The molecule has 0 fully saturated rings. The van der Waals surface area contributed by atoms with Crippen molar-refractivity contribution < 1.29 is 38.9 Å². The first-order valence-electron chi connectivity index (χ1n) is 7.98. The highest BCUT2D eigenvalue weighted by Gasteiger charge is 2.00. The number of unbranched alkanes of at least 4 members (excludes halogenated alkanes) is 3. The molecule has 0 radical (unpaired) electrons. The molecule has 2 N–H and O–H groups in total. The van der Waals surface area contributed by atoms with Gasteiger partial charge in [0.2, 0.25) is 0 Å². The highest BCUT2D eigenvalue weighted by atomic mass is 16.5. The Hall–Kier alpha value is -2.64. The number of carboxylic acids is 2. The van der Waals surface area contributed by atoms with Gasteiger partial charge in [0.25, 0.3) is 0 Å². The molecule has 142 valence electrons. The minimum Gasteiger partial charge on any atom is -0.478 e. The van der Waals surface area contributed by atoms with E-state index in [0.29, 0.717) is 25.4 Å². The summed E-state index contributed by atoms with van der Waals surface area (Å²) in [6.07, 6.45) is 8.32. The molecule has 8 heteroatoms. The number of hydrogen-bond donors (Lipinski definition) is 2. The number of carbonyl (C=O) groups excluding carboxylic acids is 2. The lowest BCUT2D eigenvalue weighted by Gasteiger charge is -2.01. The lowest BCUT2D eigenvalue weighted by molar-refractivity contribution is -0.140. The second-order valence-electron chi connectivity index (χ2n) is 4.74. The van der Waals surface area contributed by atoms with E-state index in [1.807, 2.05) is 6.92 Å². The molecule has 0 aliphatic carbocycles. The summed E-state index contributed by atoms with van der Waals surface area (Å²) in [6, 6.07) is 0. The largest absolute Gasteiger partial charge is 0.478 e. The van der Waals surface area contributed by atoms with Crippen molar-refractivity contribution in [2.24, 2.45) is 0 Å². The smallest absolute Gasteiger partial charge is 0.331 e. The van der Waals surface area contributed by atoms with Gasteiger partial charge in [0.15, 0.2) is 0 Å². The maximum Gasteiger partial charge on any atom is 0.331 e. The minimum absolute atomic E-state index is 0.370. The van der Waals surface area contributed by atoms with Crippen LogP contribution in [0.25, 0.3) is 0 Å². The first-order chi connectivity index (χ1) is 11.8. The van der Waals surface area contributed by atoms with Crippen molar-refractivity contribution >= 4 is 23.9 Å². The van der Waals surface area contributed by atoms with Crippen LogP contribution in [0.15, 0.2) is 24.3 Å². The van der Waals surface area contributed by atoms with E-state index < -0.39 is 23.9 Å². The third-order valence-electron chi connectivity index (χ3n) is 2.41. The predicted octanol–water partition coefficient (Wildman–Crippen LogP) is 2.33. The Balaban J connectivity index is 0. The molecule has 0 aromatic heterocycles. The van der Waals surface area contributed by atoms with E-state index in [4.69, 9.17) is 19.7 Å². The lowest BCUT2D eigenvalue weighted by Crippen LogP contribution is -2.05. The first-order valence-corrected chi connectivity index (χ1v) is 7.98. The van der Waals surface area contributed by atoms with E-state index in [0.717, 1.165) is 44.3 Å². The molecular weight excluding hydrogens is 332 g/mol. The van der Waals surface area contributed by atoms with Gasteiger partial charge >= 0.3 is 23.9 Å². The van der Waals surface area contributed by atoms with Gasteiger partial charge in [0.1, 0.15) is 0 Å². The molecule has 0 aliphatic heterocycles. The van der Waals surface area contributed by atoms with Gasteiger partial charge in [-0.3, -0.25) is 0 Å². The Kier molecular flexibility index (Phi) is 17.4. The van der Waals surface area contributed by atoms with E-state index in [9.17, 15) is 19.2 Å². The van der Waals surface area contributed by atoms with Crippen molar-refractivity contribution in [1.29, 1.82) is 0 Å². The van der Waals surface area contributed by atoms with Crippen LogP contribution in [0.2, 0.25) is 0 Å². The minimum atomic E-state index is -1.26. The van der Waals surface area contributed by atoms with Crippen molar-refractivity contribution in [2.75, 3.05) is 13.2 Å². The number of aliphatic carboxylic acids is 2. The summed E-state index contributed by atoms with van der Waals surface area (Å²) in [7, 11) is 0. The molecule has 8 nitrogen and oxygen atoms in total. The standard InChI is InChI=1S/C13H22O4.C4H4O4/c1-3-5-6-7-11-17-13(15)9-8-12(14)16-10-4-2;5-3(6)1-2-4(7)8/h8-9H,3-7,10-11H2,1-2H3;1-2H,(H,5,6)(H,7,8). The van der Waals surface area contributed by atoms with Gasteiger partial charge in [-0.25, -0.2) is 19.2 Å². The fourth-order valence-corrected chi connectivity index (χ4v) is 1.28. The number of esters is 2. The molecule has 0 aromatic rings. The average Bonchev–Trinajstić information content (AvgIpc) is 2.56. The third kappa shape index (κ3) is 23.8. The summed E-state index contributed by atoms with van der Waals surface area (Å²) < 4.78 is 9.68. The van der Waals surface area contributed by atoms with Crippen LogP contribution in [0.3, 0.4) is 0 Å². The molecular formula is C17H26O8. The van der Waals surface area contributed by atoms with Crippen LogP contribution in [0, 0.1) is 0 Å². The Labute approximate surface area is 147 Å². The predicted molar refractivity (Wildman–Crippen MR) is 89.9 cm³/mol. The van der Waals surface area contributed by atoms with E-state index in [2.05, 4.69) is 6.92 Å². The molecule has 0 aromatic carbocycles. The fourth-order valence-electron chi connectivity index (χ4n) is 1.28. The average molecular weight is 358 g/mol. The lowest BCUT2D eigenvalue weighted by atomic mass is 10.2. The van der Waals surface area contributed by atoms with E-state index >= 15 is 0 Å². The zero-order valence-electron chi connectivity index (χ0n) is 14.6. The Bertz CT molecular complexity index is 449. The van der Waals surface area contributed by atoms with Crippen LogP contribution < -0.4 is 0 Å². The van der Waals surface area contributed by atoms with Crippen molar-refractivity contribution in [3.63, 3.8) is 0 Å². The van der Waals surface area contributed by atoms with Crippen molar-refractivity contribution in [1.82, 2.24) is 0 Å². The highest BCUT2D eigenvalue weighted by molar-refractivity contribution is 5.91. The molecule has 0 atom stereocenters. The zero-order valence-corrected chi connectivity index (χ0v) is 14.6. The van der Waals surface area contributed by atoms with Crippen LogP contribution in [0.4, 0.5) is 0 Å². The summed E-state index contributed by atoms with van der Waals surface area (Å²) in [6.45, 7) is 4.81. The van der Waals surface area contributed by atoms with E-state index in [1.165, 1.54) is 0 Å². The van der Waals surface area contributed by atoms with Gasteiger partial charge in [0, 0.05) is 24.3 Å².